The largest absolute Gasteiger partial charge is 0.450 e. The van der Waals surface area contributed by atoms with E-state index in [0.717, 1.165) is 46.9 Å². The van der Waals surface area contributed by atoms with Crippen molar-refractivity contribution in [1.29, 1.82) is 0 Å². The van der Waals surface area contributed by atoms with Crippen LogP contribution in [0.2, 0.25) is 0 Å². The molecule has 0 unspecified atom stereocenters. The van der Waals surface area contributed by atoms with Crippen molar-refractivity contribution < 1.29 is 9.47 Å². The topological polar surface area (TPSA) is 24.9 Å². The first kappa shape index (κ1) is 40.6. The first-order valence-electron chi connectivity index (χ1n) is 24.7. The highest BCUT2D eigenvalue weighted by Crippen LogP contribution is 2.58. The predicted molar refractivity (Wildman–Crippen MR) is 287 cm³/mol. The Morgan fingerprint density at radius 3 is 1.86 bits per heavy atom. The molecule has 334 valence electrons. The van der Waals surface area contributed by atoms with Gasteiger partial charge in [0.25, 0.3) is 0 Å². The van der Waals surface area contributed by atoms with Crippen LogP contribution in [0.25, 0.3) is 44.2 Å². The Hall–Kier alpha value is -7.50. The number of nitrogens with zero attached hydrogens (tertiary/aromatic N) is 2. The molecule has 14 rings (SSSR count). The van der Waals surface area contributed by atoms with Gasteiger partial charge in [-0.15, -0.1) is 0 Å². The maximum absolute atomic E-state index is 6.90. The number of aryl methyl sites for hydroxylation is 1. The van der Waals surface area contributed by atoms with Crippen LogP contribution >= 0.6 is 0 Å². The van der Waals surface area contributed by atoms with Gasteiger partial charge >= 0.3 is 6.85 Å². The minimum absolute atomic E-state index is 0.00476. The zero-order valence-electron chi connectivity index (χ0n) is 40.4. The molecule has 0 radical (unpaired) electrons. The van der Waals surface area contributed by atoms with Gasteiger partial charge in [-0.1, -0.05) is 157 Å². The highest BCUT2D eigenvalue weighted by molar-refractivity contribution is 6.94. The van der Waals surface area contributed by atoms with Gasteiger partial charge in [0.1, 0.15) is 0 Å². The van der Waals surface area contributed by atoms with E-state index in [1.165, 1.54) is 94.5 Å². The quantitative estimate of drug-likeness (QED) is 0.165. The van der Waals surface area contributed by atoms with E-state index in [0.29, 0.717) is 5.75 Å². The lowest BCUT2D eigenvalue weighted by atomic mass is 9.43. The maximum atomic E-state index is 6.90. The first-order valence-corrected chi connectivity index (χ1v) is 24.7. The normalized spacial score (nSPS) is 16.7. The highest BCUT2D eigenvalue weighted by Gasteiger charge is 2.49. The van der Waals surface area contributed by atoms with E-state index in [2.05, 4.69) is 204 Å². The van der Waals surface area contributed by atoms with Crippen LogP contribution in [0.5, 0.6) is 23.0 Å². The second-order valence-corrected chi connectivity index (χ2v) is 21.9. The van der Waals surface area contributed by atoms with Gasteiger partial charge < -0.3 is 19.2 Å². The van der Waals surface area contributed by atoms with Gasteiger partial charge in [0.05, 0.1) is 5.69 Å². The standard InChI is InChI=1S/C64H53BN2O2/c1-38-31-49-50(63(4,5)30-29-62(49,2)3)35-53(38)66-55-37-59-58(68-56-27-17-18-28-57(56)69-59)36-51(55)65-60-46(32-40-21-11-12-23-42(40)61(60)66)45-33-48-44(43-24-13-15-25-47(43)64(48,6)7)34-54(45)67(65)52-26-16-14-22-41(52)39-19-9-8-10-20-39/h8-28,31-37H,29-30H2,1-7H3. The van der Waals surface area contributed by atoms with Gasteiger partial charge in [-0.05, 0) is 146 Å². The molecule has 69 heavy (non-hydrogen) atoms. The average Bonchev–Trinajstić information content (AvgIpc) is 3.58. The monoisotopic (exact) mass is 892 g/mol. The van der Waals surface area contributed by atoms with Crippen molar-refractivity contribution in [1.82, 2.24) is 0 Å². The molecule has 9 aromatic rings. The third kappa shape index (κ3) is 5.65. The number of ether oxygens (including phenoxy) is 2. The molecule has 3 heterocycles. The highest BCUT2D eigenvalue weighted by atomic mass is 16.6. The zero-order valence-corrected chi connectivity index (χ0v) is 40.4. The molecular formula is C64H53BN2O2. The minimum atomic E-state index is -0.259. The van der Waals surface area contributed by atoms with E-state index in [1.54, 1.807) is 0 Å². The molecule has 5 heteroatoms. The van der Waals surface area contributed by atoms with Crippen molar-refractivity contribution in [3.63, 3.8) is 0 Å². The van der Waals surface area contributed by atoms with Crippen molar-refractivity contribution in [3.05, 3.63) is 198 Å². The summed E-state index contributed by atoms with van der Waals surface area (Å²) in [6.45, 7) is 16.6. The lowest BCUT2D eigenvalue weighted by molar-refractivity contribution is 0.332. The molecule has 5 aliphatic rings. The summed E-state index contributed by atoms with van der Waals surface area (Å²) in [5.41, 5.74) is 22.5. The van der Waals surface area contributed by atoms with E-state index in [1.807, 2.05) is 24.3 Å². The molecule has 0 fully saturated rings. The lowest BCUT2D eigenvalue weighted by Gasteiger charge is -2.48. The molecule has 0 bridgehead atoms. The number of hydrogen-bond donors (Lipinski definition) is 0. The Morgan fingerprint density at radius 1 is 0.449 bits per heavy atom. The van der Waals surface area contributed by atoms with E-state index < -0.39 is 0 Å². The van der Waals surface area contributed by atoms with Gasteiger partial charge in [-0.2, -0.15) is 0 Å². The first-order chi connectivity index (χ1) is 33.4. The number of rotatable bonds is 3. The molecule has 2 aliphatic carbocycles. The van der Waals surface area contributed by atoms with E-state index in [9.17, 15) is 0 Å². The molecule has 0 saturated heterocycles. The summed E-state index contributed by atoms with van der Waals surface area (Å²) < 4.78 is 13.8. The Kier molecular flexibility index (Phi) is 8.26. The number of hydrogen-bond acceptors (Lipinski definition) is 4. The Balaban J connectivity index is 1.15. The summed E-state index contributed by atoms with van der Waals surface area (Å²) in [5, 5.41) is 2.44. The third-order valence-electron chi connectivity index (χ3n) is 16.6. The van der Waals surface area contributed by atoms with Crippen LogP contribution in [0.1, 0.15) is 82.2 Å². The molecule has 9 aromatic carbocycles. The smallest absolute Gasteiger partial charge is 0.333 e. The summed E-state index contributed by atoms with van der Waals surface area (Å²) in [7, 11) is 0. The summed E-state index contributed by atoms with van der Waals surface area (Å²) in [6, 6.07) is 63.3. The van der Waals surface area contributed by atoms with Gasteiger partial charge in [0.2, 0.25) is 0 Å². The molecule has 0 saturated carbocycles. The van der Waals surface area contributed by atoms with E-state index >= 15 is 0 Å². The number of para-hydroxylation sites is 3. The fourth-order valence-electron chi connectivity index (χ4n) is 12.9. The second kappa shape index (κ2) is 14.0. The zero-order chi connectivity index (χ0) is 46.7. The summed E-state index contributed by atoms with van der Waals surface area (Å²) in [6.07, 6.45) is 2.29. The van der Waals surface area contributed by atoms with Gasteiger partial charge in [0.15, 0.2) is 23.0 Å². The van der Waals surface area contributed by atoms with Crippen LogP contribution in [-0.4, -0.2) is 6.85 Å². The molecule has 0 N–H and O–H groups in total. The average molecular weight is 893 g/mol. The second-order valence-electron chi connectivity index (χ2n) is 21.9. The van der Waals surface area contributed by atoms with Crippen LogP contribution < -0.4 is 30.1 Å². The Labute approximate surface area is 405 Å². The molecule has 0 atom stereocenters. The fourth-order valence-corrected chi connectivity index (χ4v) is 12.9. The van der Waals surface area contributed by atoms with Crippen molar-refractivity contribution in [2.75, 3.05) is 9.71 Å². The predicted octanol–water partition coefficient (Wildman–Crippen LogP) is 16.1. The summed E-state index contributed by atoms with van der Waals surface area (Å²) in [5.74, 6) is 2.87. The minimum Gasteiger partial charge on any atom is -0.450 e. The fraction of sp³-hybridized carbons (Fsp3) is 0.188. The molecule has 3 aliphatic heterocycles. The van der Waals surface area contributed by atoms with Crippen molar-refractivity contribution in [3.8, 4) is 56.4 Å². The van der Waals surface area contributed by atoms with Gasteiger partial charge in [0, 0.05) is 50.7 Å². The molecule has 4 nitrogen and oxygen atoms in total. The Bertz CT molecular complexity index is 3700. The van der Waals surface area contributed by atoms with Crippen LogP contribution in [-0.2, 0) is 16.2 Å². The van der Waals surface area contributed by atoms with Gasteiger partial charge in [-0.25, -0.2) is 0 Å². The molecular weight excluding hydrogens is 840 g/mol. The maximum Gasteiger partial charge on any atom is 0.333 e. The molecule has 0 spiro atoms. The number of benzene rings is 9. The molecule has 0 amide bonds. The summed E-state index contributed by atoms with van der Waals surface area (Å²) >= 11 is 0. The van der Waals surface area contributed by atoms with Crippen LogP contribution in [0.15, 0.2) is 170 Å². The summed E-state index contributed by atoms with van der Waals surface area (Å²) in [4.78, 5) is 5.29. The number of fused-ring (bicyclic) bond motifs is 12. The van der Waals surface area contributed by atoms with Crippen LogP contribution in [0.4, 0.5) is 28.4 Å². The van der Waals surface area contributed by atoms with Crippen molar-refractivity contribution >= 4 is 57.0 Å². The van der Waals surface area contributed by atoms with E-state index in [4.69, 9.17) is 9.47 Å². The Morgan fingerprint density at radius 2 is 1.09 bits per heavy atom. The van der Waals surface area contributed by atoms with Crippen LogP contribution in [0.3, 0.4) is 0 Å². The lowest BCUT2D eigenvalue weighted by Crippen LogP contribution is -2.61. The number of anilines is 5. The molecule has 0 aromatic heterocycles. The SMILES string of the molecule is Cc1cc2c(cc1N1c3cc4c(cc3B3c5c(cc6ccccc6c51)-c1cc5c(cc1N3c1ccccc1-c1ccccc1)-c1ccccc1C5(C)C)Oc1ccccc1O4)C(C)(C)CCC2(C)C. The van der Waals surface area contributed by atoms with Crippen molar-refractivity contribution in [2.24, 2.45) is 0 Å². The van der Waals surface area contributed by atoms with Gasteiger partial charge in [-0.3, -0.25) is 0 Å². The van der Waals surface area contributed by atoms with E-state index in [-0.39, 0.29) is 23.1 Å². The van der Waals surface area contributed by atoms with Crippen LogP contribution in [0, 0.1) is 6.92 Å². The third-order valence-corrected chi connectivity index (χ3v) is 16.6. The van der Waals surface area contributed by atoms with Crippen molar-refractivity contribution in [2.45, 2.75) is 77.6 Å².